The molecule has 0 saturated heterocycles. The van der Waals surface area contributed by atoms with E-state index in [4.69, 9.17) is 0 Å². The average molecular weight is 312 g/mol. The number of amides is 1. The van der Waals surface area contributed by atoms with E-state index in [-0.39, 0.29) is 11.3 Å². The Morgan fingerprint density at radius 2 is 1.61 bits per heavy atom. The van der Waals surface area contributed by atoms with Gasteiger partial charge < -0.3 is 10.1 Å². The van der Waals surface area contributed by atoms with Gasteiger partial charge in [0.2, 0.25) is 0 Å². The van der Waals surface area contributed by atoms with E-state index < -0.39 is 5.97 Å². The Balaban J connectivity index is 2.08. The van der Waals surface area contributed by atoms with Gasteiger partial charge >= 0.3 is 5.97 Å². The third-order valence-corrected chi connectivity index (χ3v) is 3.44. The highest BCUT2D eigenvalue weighted by Gasteiger charge is 2.14. The van der Waals surface area contributed by atoms with Crippen LogP contribution < -0.4 is 5.32 Å². The number of pyridine rings is 1. The summed E-state index contributed by atoms with van der Waals surface area (Å²) in [6.45, 7) is 6.36. The minimum Gasteiger partial charge on any atom is -0.465 e. The predicted molar refractivity (Wildman–Crippen MR) is 88.7 cm³/mol. The summed E-state index contributed by atoms with van der Waals surface area (Å²) in [5.41, 5.74) is 2.09. The van der Waals surface area contributed by atoms with Gasteiger partial charge in [-0.3, -0.25) is 4.79 Å². The number of anilines is 1. The minimum absolute atomic E-state index is 0.0419. The Labute approximate surface area is 135 Å². The first-order valence-electron chi connectivity index (χ1n) is 7.27. The van der Waals surface area contributed by atoms with Gasteiger partial charge in [0.15, 0.2) is 0 Å². The highest BCUT2D eigenvalue weighted by Crippen LogP contribution is 2.22. The summed E-state index contributed by atoms with van der Waals surface area (Å²) in [5, 5.41) is 2.70. The summed E-state index contributed by atoms with van der Waals surface area (Å²) in [6.07, 6.45) is 1.37. The molecule has 0 bridgehead atoms. The van der Waals surface area contributed by atoms with Crippen LogP contribution in [0.2, 0.25) is 0 Å². The van der Waals surface area contributed by atoms with Crippen molar-refractivity contribution in [3.63, 3.8) is 0 Å². The largest absolute Gasteiger partial charge is 0.465 e. The maximum absolute atomic E-state index is 12.2. The lowest BCUT2D eigenvalue weighted by Crippen LogP contribution is -2.15. The fraction of sp³-hybridized carbons (Fsp3) is 0.278. The number of carbonyl (C=O) groups excluding carboxylic acids is 2. The summed E-state index contributed by atoms with van der Waals surface area (Å²) in [7, 11) is 1.30. The molecule has 1 N–H and O–H groups in total. The van der Waals surface area contributed by atoms with Crippen LogP contribution in [0.5, 0.6) is 0 Å². The molecule has 1 amide bonds. The van der Waals surface area contributed by atoms with Crippen LogP contribution in [0.25, 0.3) is 0 Å². The molecule has 0 atom stereocenters. The molecule has 5 heteroatoms. The first kappa shape index (κ1) is 16.7. The number of nitrogens with one attached hydrogen (secondary N) is 1. The molecule has 23 heavy (non-hydrogen) atoms. The molecule has 2 rings (SSSR count). The van der Waals surface area contributed by atoms with Crippen LogP contribution in [-0.4, -0.2) is 24.0 Å². The van der Waals surface area contributed by atoms with Crippen molar-refractivity contribution in [1.82, 2.24) is 4.98 Å². The summed E-state index contributed by atoms with van der Waals surface area (Å²) in [6, 6.07) is 10.6. The Bertz CT molecular complexity index is 699. The number of aromatic nitrogens is 1. The highest BCUT2D eigenvalue weighted by atomic mass is 16.5. The van der Waals surface area contributed by atoms with E-state index >= 15 is 0 Å². The quantitative estimate of drug-likeness (QED) is 0.882. The lowest BCUT2D eigenvalue weighted by Gasteiger charge is -2.19. The van der Waals surface area contributed by atoms with Gasteiger partial charge in [0.05, 0.1) is 12.7 Å². The van der Waals surface area contributed by atoms with Crippen molar-refractivity contribution in [2.75, 3.05) is 12.4 Å². The van der Waals surface area contributed by atoms with E-state index in [2.05, 4.69) is 35.8 Å². The second kappa shape index (κ2) is 6.60. The number of nitrogens with zero attached hydrogens (tertiary/aromatic N) is 1. The lowest BCUT2D eigenvalue weighted by molar-refractivity contribution is 0.0600. The van der Waals surface area contributed by atoms with Gasteiger partial charge in [0.25, 0.3) is 5.91 Å². The van der Waals surface area contributed by atoms with Gasteiger partial charge in [0, 0.05) is 11.8 Å². The number of esters is 1. The zero-order chi connectivity index (χ0) is 17.0. The first-order chi connectivity index (χ1) is 10.8. The van der Waals surface area contributed by atoms with Gasteiger partial charge in [-0.2, -0.15) is 0 Å². The Morgan fingerprint density at radius 1 is 1.00 bits per heavy atom. The van der Waals surface area contributed by atoms with Crippen molar-refractivity contribution in [2.24, 2.45) is 0 Å². The van der Waals surface area contributed by atoms with Crippen LogP contribution in [-0.2, 0) is 10.2 Å². The number of benzene rings is 1. The molecule has 0 fully saturated rings. The molecule has 5 nitrogen and oxygen atoms in total. The summed E-state index contributed by atoms with van der Waals surface area (Å²) in [4.78, 5) is 27.6. The lowest BCUT2D eigenvalue weighted by atomic mass is 9.87. The van der Waals surface area contributed by atoms with Crippen molar-refractivity contribution in [1.29, 1.82) is 0 Å². The van der Waals surface area contributed by atoms with Gasteiger partial charge in [-0.15, -0.1) is 0 Å². The van der Waals surface area contributed by atoms with Crippen molar-refractivity contribution in [2.45, 2.75) is 26.2 Å². The number of hydrogen-bond donors (Lipinski definition) is 1. The Hall–Kier alpha value is -2.69. The van der Waals surface area contributed by atoms with Gasteiger partial charge in [0.1, 0.15) is 5.82 Å². The standard InChI is InChI=1S/C18H20N2O3/c1-18(2,3)14-8-5-12(6-9-14)16(21)20-15-10-7-13(11-19-15)17(22)23-4/h5-11H,1-4H3,(H,19,20,21). The maximum Gasteiger partial charge on any atom is 0.339 e. The number of hydrogen-bond acceptors (Lipinski definition) is 4. The second-order valence-corrected chi connectivity index (χ2v) is 6.21. The van der Waals surface area contributed by atoms with E-state index in [0.717, 1.165) is 5.56 Å². The van der Waals surface area contributed by atoms with Gasteiger partial charge in [-0.25, -0.2) is 9.78 Å². The highest BCUT2D eigenvalue weighted by molar-refractivity contribution is 6.03. The van der Waals surface area contributed by atoms with Crippen molar-refractivity contribution >= 4 is 17.7 Å². The third-order valence-electron chi connectivity index (χ3n) is 3.44. The van der Waals surface area contributed by atoms with E-state index in [1.54, 1.807) is 24.3 Å². The number of carbonyl (C=O) groups is 2. The van der Waals surface area contributed by atoms with Crippen LogP contribution in [0, 0.1) is 0 Å². The molecule has 1 aromatic carbocycles. The molecule has 0 spiro atoms. The Morgan fingerprint density at radius 3 is 2.09 bits per heavy atom. The normalized spacial score (nSPS) is 11.0. The molecule has 0 aliphatic carbocycles. The molecule has 0 radical (unpaired) electrons. The van der Waals surface area contributed by atoms with E-state index in [1.807, 2.05) is 12.1 Å². The first-order valence-corrected chi connectivity index (χ1v) is 7.27. The monoisotopic (exact) mass is 312 g/mol. The molecule has 120 valence electrons. The molecule has 1 heterocycles. The average Bonchev–Trinajstić information content (AvgIpc) is 2.54. The second-order valence-electron chi connectivity index (χ2n) is 6.21. The van der Waals surface area contributed by atoms with Crippen LogP contribution in [0.1, 0.15) is 47.1 Å². The molecule has 2 aromatic rings. The zero-order valence-electron chi connectivity index (χ0n) is 13.7. The molecular formula is C18H20N2O3. The summed E-state index contributed by atoms with van der Waals surface area (Å²) < 4.78 is 4.60. The fourth-order valence-corrected chi connectivity index (χ4v) is 2.02. The summed E-state index contributed by atoms with van der Waals surface area (Å²) >= 11 is 0. The van der Waals surface area contributed by atoms with E-state index in [9.17, 15) is 9.59 Å². The summed E-state index contributed by atoms with van der Waals surface area (Å²) in [5.74, 6) is -0.334. The van der Waals surface area contributed by atoms with Gasteiger partial charge in [-0.1, -0.05) is 32.9 Å². The molecule has 0 saturated carbocycles. The number of rotatable bonds is 3. The van der Waals surface area contributed by atoms with Crippen LogP contribution in [0.15, 0.2) is 42.6 Å². The van der Waals surface area contributed by atoms with E-state index in [1.165, 1.54) is 13.3 Å². The van der Waals surface area contributed by atoms with E-state index in [0.29, 0.717) is 16.9 Å². The minimum atomic E-state index is -0.465. The zero-order valence-corrected chi connectivity index (χ0v) is 13.7. The maximum atomic E-state index is 12.2. The van der Waals surface area contributed by atoms with Gasteiger partial charge in [-0.05, 0) is 35.2 Å². The topological polar surface area (TPSA) is 68.3 Å². The molecule has 0 aliphatic rings. The fourth-order valence-electron chi connectivity index (χ4n) is 2.02. The third kappa shape index (κ3) is 4.16. The Kier molecular flexibility index (Phi) is 4.79. The van der Waals surface area contributed by atoms with Crippen LogP contribution >= 0.6 is 0 Å². The van der Waals surface area contributed by atoms with Crippen molar-refractivity contribution < 1.29 is 14.3 Å². The van der Waals surface area contributed by atoms with Crippen LogP contribution in [0.3, 0.4) is 0 Å². The predicted octanol–water partition coefficient (Wildman–Crippen LogP) is 3.42. The van der Waals surface area contributed by atoms with Crippen molar-refractivity contribution in [3.05, 3.63) is 59.3 Å². The molecule has 1 aromatic heterocycles. The van der Waals surface area contributed by atoms with Crippen molar-refractivity contribution in [3.8, 4) is 0 Å². The smallest absolute Gasteiger partial charge is 0.339 e. The number of ether oxygens (including phenoxy) is 1. The molecular weight excluding hydrogens is 292 g/mol. The molecule has 0 aliphatic heterocycles. The SMILES string of the molecule is COC(=O)c1ccc(NC(=O)c2ccc(C(C)(C)C)cc2)nc1. The molecule has 0 unspecified atom stereocenters. The number of methoxy groups -OCH3 is 1. The van der Waals surface area contributed by atoms with Crippen LogP contribution in [0.4, 0.5) is 5.82 Å².